The van der Waals surface area contributed by atoms with Gasteiger partial charge in [-0.05, 0) is 23.3 Å². The molecule has 3 rings (SSSR count). The van der Waals surface area contributed by atoms with Gasteiger partial charge in [0.15, 0.2) is 11.5 Å². The van der Waals surface area contributed by atoms with E-state index in [2.05, 4.69) is 10.3 Å². The molecule has 0 unspecified atom stereocenters. The number of nitrogens with zero attached hydrogens (tertiary/aromatic N) is 2. The molecule has 1 aliphatic rings. The Kier molecular flexibility index (Phi) is 3.42. The zero-order chi connectivity index (χ0) is 14.7. The second-order valence-electron chi connectivity index (χ2n) is 4.34. The minimum Gasteiger partial charge on any atom is -0.454 e. The molecule has 1 heterocycles. The van der Waals surface area contributed by atoms with Crippen molar-refractivity contribution in [3.63, 3.8) is 0 Å². The fourth-order valence-corrected chi connectivity index (χ4v) is 2.33. The van der Waals surface area contributed by atoms with Gasteiger partial charge < -0.3 is 19.9 Å². The summed E-state index contributed by atoms with van der Waals surface area (Å²) >= 11 is 0. The van der Waals surface area contributed by atoms with E-state index in [1.165, 1.54) is 12.4 Å². The summed E-state index contributed by atoms with van der Waals surface area (Å²) in [7, 11) is 0. The first-order chi connectivity index (χ1) is 10.3. The molecule has 0 bridgehead atoms. The zero-order valence-corrected chi connectivity index (χ0v) is 10.9. The van der Waals surface area contributed by atoms with Gasteiger partial charge in [0.25, 0.3) is 0 Å². The summed E-state index contributed by atoms with van der Waals surface area (Å²) < 4.78 is 10.8. The maximum Gasteiger partial charge on any atom is 0.231 e. The van der Waals surface area contributed by atoms with Gasteiger partial charge in [0, 0.05) is 5.56 Å². The van der Waals surface area contributed by atoms with Gasteiger partial charge in [0.05, 0.1) is 18.0 Å². The molecule has 0 amide bonds. The third-order valence-corrected chi connectivity index (χ3v) is 3.21. The van der Waals surface area contributed by atoms with Gasteiger partial charge in [-0.2, -0.15) is 0 Å². The van der Waals surface area contributed by atoms with Crippen LogP contribution in [0.4, 0.5) is 0 Å². The maximum atomic E-state index is 8.90. The van der Waals surface area contributed by atoms with E-state index < -0.39 is 0 Å². The van der Waals surface area contributed by atoms with E-state index in [1.807, 2.05) is 30.3 Å². The van der Waals surface area contributed by atoms with Crippen molar-refractivity contribution < 1.29 is 19.9 Å². The van der Waals surface area contributed by atoms with E-state index >= 15 is 0 Å². The minimum atomic E-state index is 0.130. The molecule has 6 nitrogen and oxygen atoms in total. The molecule has 106 valence electrons. The van der Waals surface area contributed by atoms with Crippen molar-refractivity contribution in [2.75, 3.05) is 6.79 Å². The molecule has 2 aromatic carbocycles. The molecular formula is C15H12N2O4. The van der Waals surface area contributed by atoms with Crippen LogP contribution < -0.4 is 9.47 Å². The molecule has 0 atom stereocenters. The SMILES string of the molecule is O/N=C\c1ccccc1-c1ccc2c(c1/C=N/O)OCO2. The Morgan fingerprint density at radius 2 is 1.71 bits per heavy atom. The van der Waals surface area contributed by atoms with Crippen LogP contribution in [-0.2, 0) is 0 Å². The maximum absolute atomic E-state index is 8.90. The first-order valence-electron chi connectivity index (χ1n) is 6.22. The van der Waals surface area contributed by atoms with Crippen LogP contribution in [0.25, 0.3) is 11.1 Å². The molecule has 0 spiro atoms. The van der Waals surface area contributed by atoms with E-state index in [4.69, 9.17) is 19.9 Å². The van der Waals surface area contributed by atoms with Crippen LogP contribution in [0.1, 0.15) is 11.1 Å². The Balaban J connectivity index is 2.24. The summed E-state index contributed by atoms with van der Waals surface area (Å²) in [5.41, 5.74) is 2.94. The quantitative estimate of drug-likeness (QED) is 0.515. The highest BCUT2D eigenvalue weighted by Crippen LogP contribution is 2.40. The number of fused-ring (bicyclic) bond motifs is 1. The van der Waals surface area contributed by atoms with Crippen molar-refractivity contribution in [1.29, 1.82) is 0 Å². The third-order valence-electron chi connectivity index (χ3n) is 3.21. The standard InChI is InChI=1S/C15H12N2O4/c18-16-7-10-3-1-2-4-11(10)12-5-6-14-15(21-9-20-14)13(12)8-17-19/h1-8,18-19H,9H2/b16-7-,17-8+. The fraction of sp³-hybridized carbons (Fsp3) is 0.0667. The highest BCUT2D eigenvalue weighted by molar-refractivity contribution is 5.99. The average molecular weight is 284 g/mol. The van der Waals surface area contributed by atoms with E-state index in [9.17, 15) is 0 Å². The number of hydrogen-bond donors (Lipinski definition) is 2. The summed E-state index contributed by atoms with van der Waals surface area (Å²) in [6.45, 7) is 0.130. The minimum absolute atomic E-state index is 0.130. The molecular weight excluding hydrogens is 272 g/mol. The summed E-state index contributed by atoms with van der Waals surface area (Å²) in [5, 5.41) is 23.9. The van der Waals surface area contributed by atoms with Crippen molar-refractivity contribution >= 4 is 12.4 Å². The molecule has 0 saturated carbocycles. The normalized spacial score (nSPS) is 13.3. The lowest BCUT2D eigenvalue weighted by Gasteiger charge is -2.11. The Labute approximate surface area is 120 Å². The fourth-order valence-electron chi connectivity index (χ4n) is 2.33. The Morgan fingerprint density at radius 3 is 2.52 bits per heavy atom. The molecule has 6 heteroatoms. The van der Waals surface area contributed by atoms with Gasteiger partial charge in [-0.1, -0.05) is 34.6 Å². The highest BCUT2D eigenvalue weighted by Gasteiger charge is 2.21. The van der Waals surface area contributed by atoms with Crippen LogP contribution in [0.5, 0.6) is 11.5 Å². The van der Waals surface area contributed by atoms with Gasteiger partial charge in [0.1, 0.15) is 0 Å². The van der Waals surface area contributed by atoms with E-state index in [0.29, 0.717) is 17.1 Å². The van der Waals surface area contributed by atoms with E-state index in [-0.39, 0.29) is 6.79 Å². The van der Waals surface area contributed by atoms with Crippen molar-refractivity contribution in [2.24, 2.45) is 10.3 Å². The van der Waals surface area contributed by atoms with Gasteiger partial charge >= 0.3 is 0 Å². The second-order valence-corrected chi connectivity index (χ2v) is 4.34. The molecule has 2 N–H and O–H groups in total. The molecule has 0 radical (unpaired) electrons. The van der Waals surface area contributed by atoms with Gasteiger partial charge in [-0.25, -0.2) is 0 Å². The number of rotatable bonds is 3. The van der Waals surface area contributed by atoms with Crippen LogP contribution in [0.3, 0.4) is 0 Å². The monoisotopic (exact) mass is 284 g/mol. The molecule has 1 aliphatic heterocycles. The van der Waals surface area contributed by atoms with Crippen LogP contribution in [0, 0.1) is 0 Å². The molecule has 0 saturated heterocycles. The molecule has 0 aliphatic carbocycles. The van der Waals surface area contributed by atoms with Crippen molar-refractivity contribution in [3.05, 3.63) is 47.5 Å². The van der Waals surface area contributed by atoms with E-state index in [1.54, 1.807) is 6.07 Å². The molecule has 21 heavy (non-hydrogen) atoms. The Hall–Kier alpha value is -3.02. The lowest BCUT2D eigenvalue weighted by atomic mass is 9.95. The summed E-state index contributed by atoms with van der Waals surface area (Å²) in [6.07, 6.45) is 2.65. The predicted molar refractivity (Wildman–Crippen MR) is 76.8 cm³/mol. The highest BCUT2D eigenvalue weighted by atomic mass is 16.7. The first kappa shape index (κ1) is 13.0. The number of ether oxygens (including phenoxy) is 2. The topological polar surface area (TPSA) is 83.6 Å². The molecule has 2 aromatic rings. The Morgan fingerprint density at radius 1 is 0.905 bits per heavy atom. The second kappa shape index (κ2) is 5.54. The Bertz CT molecular complexity index is 726. The van der Waals surface area contributed by atoms with Crippen LogP contribution in [0.15, 0.2) is 46.7 Å². The van der Waals surface area contributed by atoms with Gasteiger partial charge in [-0.3, -0.25) is 0 Å². The lowest BCUT2D eigenvalue weighted by Crippen LogP contribution is -1.96. The van der Waals surface area contributed by atoms with Gasteiger partial charge in [-0.15, -0.1) is 0 Å². The largest absolute Gasteiger partial charge is 0.454 e. The summed E-state index contributed by atoms with van der Waals surface area (Å²) in [6, 6.07) is 11.0. The van der Waals surface area contributed by atoms with Gasteiger partial charge in [0.2, 0.25) is 6.79 Å². The van der Waals surface area contributed by atoms with Crippen LogP contribution in [-0.4, -0.2) is 29.6 Å². The van der Waals surface area contributed by atoms with Crippen molar-refractivity contribution in [1.82, 2.24) is 0 Å². The van der Waals surface area contributed by atoms with Crippen molar-refractivity contribution in [2.45, 2.75) is 0 Å². The first-order valence-corrected chi connectivity index (χ1v) is 6.22. The summed E-state index contributed by atoms with van der Waals surface area (Å²) in [4.78, 5) is 0. The van der Waals surface area contributed by atoms with Crippen LogP contribution >= 0.6 is 0 Å². The summed E-state index contributed by atoms with van der Waals surface area (Å²) in [5.74, 6) is 1.13. The smallest absolute Gasteiger partial charge is 0.231 e. The number of benzene rings is 2. The third kappa shape index (κ3) is 2.27. The van der Waals surface area contributed by atoms with E-state index in [0.717, 1.165) is 16.7 Å². The number of oxime groups is 2. The lowest BCUT2D eigenvalue weighted by molar-refractivity contribution is 0.174. The van der Waals surface area contributed by atoms with Crippen LogP contribution in [0.2, 0.25) is 0 Å². The molecule has 0 aromatic heterocycles. The zero-order valence-electron chi connectivity index (χ0n) is 10.9. The van der Waals surface area contributed by atoms with Crippen molar-refractivity contribution in [3.8, 4) is 22.6 Å². The molecule has 0 fully saturated rings. The average Bonchev–Trinajstić information content (AvgIpc) is 2.98. The number of hydrogen-bond acceptors (Lipinski definition) is 6. The predicted octanol–water partition coefficient (Wildman–Crippen LogP) is 2.70.